The van der Waals surface area contributed by atoms with Gasteiger partial charge in [-0.1, -0.05) is 22.9 Å². The largest absolute Gasteiger partial charge is 0.436 e. The molecule has 0 saturated heterocycles. The Morgan fingerprint density at radius 3 is 2.85 bits per heavy atom. The predicted molar refractivity (Wildman–Crippen MR) is 80.5 cm³/mol. The number of hydrogen-bond donors (Lipinski definition) is 1. The molecule has 0 saturated carbocycles. The van der Waals surface area contributed by atoms with Gasteiger partial charge in [0.2, 0.25) is 0 Å². The first-order chi connectivity index (χ1) is 9.61. The molecule has 1 aromatic heterocycles. The van der Waals surface area contributed by atoms with Gasteiger partial charge in [0.05, 0.1) is 0 Å². The van der Waals surface area contributed by atoms with Gasteiger partial charge in [0.15, 0.2) is 5.82 Å². The summed E-state index contributed by atoms with van der Waals surface area (Å²) in [6.07, 6.45) is 1.55. The van der Waals surface area contributed by atoms with Crippen molar-refractivity contribution in [1.82, 2.24) is 10.3 Å². The Labute approximate surface area is 126 Å². The molecule has 5 heteroatoms. The van der Waals surface area contributed by atoms with Crippen LogP contribution in [0.1, 0.15) is 18.1 Å². The summed E-state index contributed by atoms with van der Waals surface area (Å²) in [6.45, 7) is 5.12. The van der Waals surface area contributed by atoms with Gasteiger partial charge in [0.25, 0.3) is 5.88 Å². The zero-order valence-electron chi connectivity index (χ0n) is 11.4. The quantitative estimate of drug-likeness (QED) is 0.887. The molecular formula is C15H16BrFN2O. The minimum atomic E-state index is -0.421. The number of ether oxygens (including phenoxy) is 1. The van der Waals surface area contributed by atoms with Crippen LogP contribution in [0.25, 0.3) is 0 Å². The lowest BCUT2D eigenvalue weighted by Gasteiger charge is -2.11. The summed E-state index contributed by atoms with van der Waals surface area (Å²) in [5.41, 5.74) is 1.46. The minimum absolute atomic E-state index is 0.00539. The van der Waals surface area contributed by atoms with Gasteiger partial charge in [0, 0.05) is 22.8 Å². The fourth-order valence-corrected chi connectivity index (χ4v) is 2.24. The summed E-state index contributed by atoms with van der Waals surface area (Å²) < 4.78 is 20.8. The third-order valence-corrected chi connectivity index (χ3v) is 3.34. The fourth-order valence-electron chi connectivity index (χ4n) is 1.76. The molecule has 0 unspecified atom stereocenters. The smallest absolute Gasteiger partial charge is 0.256 e. The Bertz CT molecular complexity index is 604. The van der Waals surface area contributed by atoms with Crippen LogP contribution in [0, 0.1) is 12.7 Å². The second-order valence-electron chi connectivity index (χ2n) is 4.38. The van der Waals surface area contributed by atoms with E-state index in [1.54, 1.807) is 18.3 Å². The van der Waals surface area contributed by atoms with Gasteiger partial charge in [-0.3, -0.25) is 0 Å². The van der Waals surface area contributed by atoms with Crippen molar-refractivity contribution in [2.24, 2.45) is 0 Å². The van der Waals surface area contributed by atoms with E-state index >= 15 is 0 Å². The molecule has 3 nitrogen and oxygen atoms in total. The number of rotatable bonds is 5. The first-order valence-corrected chi connectivity index (χ1v) is 7.19. The topological polar surface area (TPSA) is 34.2 Å². The lowest BCUT2D eigenvalue weighted by atomic mass is 10.2. The van der Waals surface area contributed by atoms with E-state index in [9.17, 15) is 4.39 Å². The van der Waals surface area contributed by atoms with Gasteiger partial charge in [0.1, 0.15) is 5.75 Å². The molecule has 0 radical (unpaired) electrons. The number of hydrogen-bond acceptors (Lipinski definition) is 3. The lowest BCUT2D eigenvalue weighted by Crippen LogP contribution is -2.13. The van der Waals surface area contributed by atoms with Gasteiger partial charge in [-0.25, -0.2) is 9.37 Å². The van der Waals surface area contributed by atoms with E-state index in [0.29, 0.717) is 17.9 Å². The summed E-state index contributed by atoms with van der Waals surface area (Å²) in [6, 6.07) is 7.20. The Balaban J connectivity index is 2.24. The molecule has 1 aromatic carbocycles. The predicted octanol–water partition coefficient (Wildman–Crippen LogP) is 4.19. The normalized spacial score (nSPS) is 10.6. The van der Waals surface area contributed by atoms with E-state index in [1.807, 2.05) is 26.0 Å². The molecule has 0 atom stereocenters. The maximum Gasteiger partial charge on any atom is 0.256 e. The summed E-state index contributed by atoms with van der Waals surface area (Å²) in [7, 11) is 0. The summed E-state index contributed by atoms with van der Waals surface area (Å²) in [5.74, 6) is 0.182. The third-order valence-electron chi connectivity index (χ3n) is 2.85. The van der Waals surface area contributed by atoms with Crippen molar-refractivity contribution < 1.29 is 9.13 Å². The average Bonchev–Trinajstić information content (AvgIpc) is 2.42. The van der Waals surface area contributed by atoms with Crippen LogP contribution >= 0.6 is 15.9 Å². The number of aryl methyl sites for hydroxylation is 1. The second kappa shape index (κ2) is 6.81. The van der Waals surface area contributed by atoms with Gasteiger partial charge in [-0.2, -0.15) is 0 Å². The molecule has 20 heavy (non-hydrogen) atoms. The van der Waals surface area contributed by atoms with Gasteiger partial charge < -0.3 is 10.1 Å². The van der Waals surface area contributed by atoms with E-state index < -0.39 is 5.82 Å². The van der Waals surface area contributed by atoms with Crippen molar-refractivity contribution in [3.05, 3.63) is 51.9 Å². The maximum absolute atomic E-state index is 14.3. The zero-order chi connectivity index (χ0) is 14.5. The molecule has 0 fully saturated rings. The molecule has 0 aliphatic heterocycles. The fraction of sp³-hybridized carbons (Fsp3) is 0.267. The van der Waals surface area contributed by atoms with E-state index in [2.05, 4.69) is 26.2 Å². The number of aromatic nitrogens is 1. The molecule has 0 aliphatic carbocycles. The minimum Gasteiger partial charge on any atom is -0.436 e. The molecular weight excluding hydrogens is 323 g/mol. The molecule has 0 aliphatic rings. The number of benzene rings is 1. The Morgan fingerprint density at radius 2 is 2.15 bits per heavy atom. The van der Waals surface area contributed by atoms with Crippen LogP contribution in [-0.2, 0) is 6.54 Å². The standard InChI is InChI=1S/C15H16BrFN2O/c1-3-18-9-11-6-7-19-15(14(11)17)20-13-5-4-12(16)8-10(13)2/h4-8,18H,3,9H2,1-2H3. The number of nitrogens with zero attached hydrogens (tertiary/aromatic N) is 1. The Hall–Kier alpha value is -1.46. The monoisotopic (exact) mass is 338 g/mol. The average molecular weight is 339 g/mol. The highest BCUT2D eigenvalue weighted by Gasteiger charge is 2.12. The molecule has 0 spiro atoms. The molecule has 2 rings (SSSR count). The molecule has 1 N–H and O–H groups in total. The summed E-state index contributed by atoms with van der Waals surface area (Å²) >= 11 is 3.38. The first kappa shape index (κ1) is 14.9. The Kier molecular flexibility index (Phi) is 5.09. The van der Waals surface area contributed by atoms with Crippen molar-refractivity contribution in [2.75, 3.05) is 6.54 Å². The van der Waals surface area contributed by atoms with Crippen molar-refractivity contribution >= 4 is 15.9 Å². The lowest BCUT2D eigenvalue weighted by molar-refractivity contribution is 0.415. The van der Waals surface area contributed by atoms with Crippen LogP contribution in [0.15, 0.2) is 34.9 Å². The van der Waals surface area contributed by atoms with Crippen LogP contribution < -0.4 is 10.1 Å². The highest BCUT2D eigenvalue weighted by atomic mass is 79.9. The highest BCUT2D eigenvalue weighted by molar-refractivity contribution is 9.10. The number of nitrogens with one attached hydrogen (secondary N) is 1. The molecule has 0 amide bonds. The van der Waals surface area contributed by atoms with Crippen molar-refractivity contribution in [1.29, 1.82) is 0 Å². The second-order valence-corrected chi connectivity index (χ2v) is 5.30. The zero-order valence-corrected chi connectivity index (χ0v) is 13.0. The van der Waals surface area contributed by atoms with Crippen LogP contribution in [0.3, 0.4) is 0 Å². The SMILES string of the molecule is CCNCc1ccnc(Oc2ccc(Br)cc2C)c1F. The van der Waals surface area contributed by atoms with Crippen LogP contribution in [0.4, 0.5) is 4.39 Å². The van der Waals surface area contributed by atoms with E-state index in [-0.39, 0.29) is 5.88 Å². The number of pyridine rings is 1. The van der Waals surface area contributed by atoms with Crippen LogP contribution in [0.2, 0.25) is 0 Å². The van der Waals surface area contributed by atoms with Crippen LogP contribution in [0.5, 0.6) is 11.6 Å². The van der Waals surface area contributed by atoms with Gasteiger partial charge in [-0.05, 0) is 43.3 Å². The summed E-state index contributed by atoms with van der Waals surface area (Å²) in [5, 5.41) is 3.09. The summed E-state index contributed by atoms with van der Waals surface area (Å²) in [4.78, 5) is 3.97. The molecule has 106 valence electrons. The molecule has 2 aromatic rings. The van der Waals surface area contributed by atoms with Crippen molar-refractivity contribution in [2.45, 2.75) is 20.4 Å². The van der Waals surface area contributed by atoms with E-state index in [4.69, 9.17) is 4.74 Å². The van der Waals surface area contributed by atoms with E-state index in [0.717, 1.165) is 16.6 Å². The molecule has 0 bridgehead atoms. The first-order valence-electron chi connectivity index (χ1n) is 6.40. The Morgan fingerprint density at radius 1 is 1.35 bits per heavy atom. The van der Waals surface area contributed by atoms with Gasteiger partial charge >= 0.3 is 0 Å². The maximum atomic E-state index is 14.3. The highest BCUT2D eigenvalue weighted by Crippen LogP contribution is 2.28. The molecule has 1 heterocycles. The van der Waals surface area contributed by atoms with Gasteiger partial charge in [-0.15, -0.1) is 0 Å². The van der Waals surface area contributed by atoms with E-state index in [1.165, 1.54) is 0 Å². The third kappa shape index (κ3) is 3.55. The van der Waals surface area contributed by atoms with Crippen molar-refractivity contribution in [3.63, 3.8) is 0 Å². The van der Waals surface area contributed by atoms with Crippen molar-refractivity contribution in [3.8, 4) is 11.6 Å². The number of halogens is 2. The van der Waals surface area contributed by atoms with Crippen LogP contribution in [-0.4, -0.2) is 11.5 Å².